The maximum absolute atomic E-state index is 8.68. The van der Waals surface area contributed by atoms with Crippen molar-refractivity contribution in [3.05, 3.63) is 97.1 Å². The van der Waals surface area contributed by atoms with Gasteiger partial charge in [0.15, 0.2) is 2.82 Å². The second-order valence-electron chi connectivity index (χ2n) is 11.8. The lowest BCUT2D eigenvalue weighted by Gasteiger charge is -2.16. The molecule has 0 saturated heterocycles. The Hall–Kier alpha value is -3.92. The van der Waals surface area contributed by atoms with E-state index < -0.39 is 0 Å². The number of anilines is 4. The molecular formula is C40H52N2O2. The summed E-state index contributed by atoms with van der Waals surface area (Å²) in [6, 6.07) is 31.6. The molecule has 4 heteroatoms. The van der Waals surface area contributed by atoms with E-state index >= 15 is 0 Å². The van der Waals surface area contributed by atoms with Gasteiger partial charge in [0.05, 0.1) is 13.2 Å². The molecule has 0 saturated carbocycles. The normalized spacial score (nSPS) is 13.0. The predicted molar refractivity (Wildman–Crippen MR) is 189 cm³/mol. The standard InChI is InChI=1S/C40H52N2O2/c1-5-9-11-31(7-3)29-43-39-25-21-37(22-26-39)41-35-17-13-33(14-18-35)34-15-19-36(20-16-34)42-38-23-27-40(28-24-38)44-30-32(8-4)12-10-6-2/h13-28,31-32,41-42H,5-12,29-30H2,1-4H3/i/hD2. The van der Waals surface area contributed by atoms with E-state index in [4.69, 9.17) is 12.3 Å². The van der Waals surface area contributed by atoms with E-state index in [1.165, 1.54) is 49.1 Å². The van der Waals surface area contributed by atoms with Crippen molar-refractivity contribution in [3.63, 3.8) is 0 Å². The van der Waals surface area contributed by atoms with Crippen LogP contribution in [0.4, 0.5) is 22.7 Å². The van der Waals surface area contributed by atoms with Gasteiger partial charge in [0.1, 0.15) is 11.5 Å². The van der Waals surface area contributed by atoms with Gasteiger partial charge in [0, 0.05) is 22.7 Å². The molecule has 2 unspecified atom stereocenters. The monoisotopic (exact) mass is 594 g/mol. The van der Waals surface area contributed by atoms with Crippen LogP contribution in [0.5, 0.6) is 11.5 Å². The second kappa shape index (κ2) is 18.0. The number of hydrogen-bond acceptors (Lipinski definition) is 4. The van der Waals surface area contributed by atoms with Crippen LogP contribution in [0.1, 0.15) is 79.1 Å². The Morgan fingerprint density at radius 3 is 1.11 bits per heavy atom. The van der Waals surface area contributed by atoms with Crippen molar-refractivity contribution in [2.24, 2.45) is 11.8 Å². The number of unbranched alkanes of at least 4 members (excludes halogenated alkanes) is 2. The van der Waals surface area contributed by atoms with E-state index in [0.29, 0.717) is 11.8 Å². The Morgan fingerprint density at radius 2 is 0.818 bits per heavy atom. The molecule has 0 heterocycles. The summed E-state index contributed by atoms with van der Waals surface area (Å²) in [6.45, 7) is 10.4. The largest absolute Gasteiger partial charge is 0.493 e. The minimum Gasteiger partial charge on any atom is -0.493 e. The minimum absolute atomic E-state index is 0.587. The van der Waals surface area contributed by atoms with Gasteiger partial charge in [0.2, 0.25) is 0 Å². The number of hydrogen-bond donors (Lipinski definition) is 2. The lowest BCUT2D eigenvalue weighted by atomic mass is 10.0. The molecule has 4 aromatic rings. The summed E-state index contributed by atoms with van der Waals surface area (Å²) >= 11 is 0. The van der Waals surface area contributed by atoms with Gasteiger partial charge < -0.3 is 20.1 Å². The van der Waals surface area contributed by atoms with Gasteiger partial charge in [0.25, 0.3) is 0 Å². The zero-order chi connectivity index (χ0) is 32.7. The number of nitrogens with one attached hydrogen (secondary N) is 2. The van der Waals surface area contributed by atoms with E-state index in [0.717, 1.165) is 71.4 Å². The zero-order valence-corrected chi connectivity index (χ0v) is 27.2. The fourth-order valence-corrected chi connectivity index (χ4v) is 5.21. The molecule has 0 radical (unpaired) electrons. The van der Waals surface area contributed by atoms with Crippen LogP contribution in [0.15, 0.2) is 97.1 Å². The smallest absolute Gasteiger partial charge is 0.167 e. The lowest BCUT2D eigenvalue weighted by Crippen LogP contribution is -2.11. The van der Waals surface area contributed by atoms with E-state index in [-0.39, 0.29) is 0 Å². The Morgan fingerprint density at radius 1 is 0.500 bits per heavy atom. The quantitative estimate of drug-likeness (QED) is 0.113. The first-order chi connectivity index (χ1) is 22.4. The summed E-state index contributed by atoms with van der Waals surface area (Å²) in [5.74, 6) is 2.87. The fourth-order valence-electron chi connectivity index (χ4n) is 5.21. The second-order valence-corrected chi connectivity index (χ2v) is 11.8. The van der Waals surface area contributed by atoms with Crippen molar-refractivity contribution in [1.29, 1.82) is 0 Å². The molecule has 44 heavy (non-hydrogen) atoms. The maximum Gasteiger partial charge on any atom is 0.167 e. The van der Waals surface area contributed by atoms with Crippen LogP contribution in [0, 0.1) is 11.8 Å². The first-order valence-electron chi connectivity index (χ1n) is 17.6. The fraction of sp³-hybridized carbons (Fsp3) is 0.400. The van der Waals surface area contributed by atoms with E-state index in [1.807, 2.05) is 97.1 Å². The molecule has 0 aliphatic carbocycles. The van der Waals surface area contributed by atoms with Crippen molar-refractivity contribution in [2.75, 3.05) is 23.8 Å². The molecule has 2 N–H and O–H groups in total. The highest BCUT2D eigenvalue weighted by molar-refractivity contribution is 5.71. The van der Waals surface area contributed by atoms with Crippen LogP contribution >= 0.6 is 0 Å². The highest BCUT2D eigenvalue weighted by Gasteiger charge is 2.08. The highest BCUT2D eigenvalue weighted by atomic mass is 16.5. The Bertz CT molecular complexity index is 1300. The molecule has 234 valence electrons. The van der Waals surface area contributed by atoms with Crippen molar-refractivity contribution < 1.29 is 12.3 Å². The average molecular weight is 595 g/mol. The lowest BCUT2D eigenvalue weighted by molar-refractivity contribution is 0.233. The Balaban J connectivity index is 1.31. The van der Waals surface area contributed by atoms with Crippen LogP contribution in [0.25, 0.3) is 11.1 Å². The van der Waals surface area contributed by atoms with Gasteiger partial charge in [-0.3, -0.25) is 0 Å². The number of benzene rings is 4. The van der Waals surface area contributed by atoms with Crippen molar-refractivity contribution in [1.82, 2.24) is 0 Å². The summed E-state index contributed by atoms with van der Waals surface area (Å²) < 4.78 is 29.4. The van der Waals surface area contributed by atoms with Gasteiger partial charge >= 0.3 is 0 Å². The molecular weight excluding hydrogens is 540 g/mol. The Kier molecular flexibility index (Phi) is 12.3. The molecule has 0 aliphatic rings. The number of rotatable bonds is 19. The van der Waals surface area contributed by atoms with Gasteiger partial charge in [-0.1, -0.05) is 90.5 Å². The van der Waals surface area contributed by atoms with Crippen molar-refractivity contribution >= 4 is 22.7 Å². The molecule has 2 atom stereocenters. The molecule has 0 amide bonds. The van der Waals surface area contributed by atoms with Crippen LogP contribution < -0.4 is 20.1 Å². The first-order valence-corrected chi connectivity index (χ1v) is 16.7. The molecule has 0 aromatic heterocycles. The molecule has 0 aliphatic heterocycles. The van der Waals surface area contributed by atoms with Crippen LogP contribution in [-0.2, 0) is 0 Å². The molecule has 4 rings (SSSR count). The van der Waals surface area contributed by atoms with Crippen LogP contribution in [-0.4, -0.2) is 13.2 Å². The summed E-state index contributed by atoms with van der Waals surface area (Å²) in [6.07, 6.45) is 9.59. The summed E-state index contributed by atoms with van der Waals surface area (Å²) in [7, 11) is 0. The number of ether oxygens (including phenoxy) is 2. The topological polar surface area (TPSA) is 42.5 Å². The molecule has 4 aromatic carbocycles. The maximum atomic E-state index is 8.68. The molecule has 0 bridgehead atoms. The molecule has 0 spiro atoms. The van der Waals surface area contributed by atoms with E-state index in [1.54, 1.807) is 0 Å². The SMILES string of the molecule is [2H]N(c1ccc(OCC(CC)CCCC)cc1)c1ccc(-c2ccc(N([2H])c3ccc(OCC(CC)CCCC)cc3)cc2)cc1. The predicted octanol–water partition coefficient (Wildman–Crippen LogP) is 12.0. The minimum atomic E-state index is 0.587. The summed E-state index contributed by atoms with van der Waals surface area (Å²) in [4.78, 5) is 0. The van der Waals surface area contributed by atoms with E-state index in [2.05, 4.69) is 27.7 Å². The molecule has 0 fully saturated rings. The van der Waals surface area contributed by atoms with Crippen molar-refractivity contribution in [3.8, 4) is 22.6 Å². The van der Waals surface area contributed by atoms with Gasteiger partial charge in [-0.25, -0.2) is 0 Å². The first kappa shape index (κ1) is 30.1. The average Bonchev–Trinajstić information content (AvgIpc) is 3.12. The summed E-state index contributed by atoms with van der Waals surface area (Å²) in [5, 5.41) is 2.88. The van der Waals surface area contributed by atoms with Crippen LogP contribution in [0.3, 0.4) is 0 Å². The van der Waals surface area contributed by atoms with Crippen LogP contribution in [0.2, 0.25) is 2.82 Å². The van der Waals surface area contributed by atoms with Crippen molar-refractivity contribution in [2.45, 2.75) is 79.1 Å². The third kappa shape index (κ3) is 10.7. The Labute approximate surface area is 269 Å². The highest BCUT2D eigenvalue weighted by Crippen LogP contribution is 2.27. The zero-order valence-electron chi connectivity index (χ0n) is 29.2. The third-order valence-electron chi connectivity index (χ3n) is 8.32. The van der Waals surface area contributed by atoms with E-state index in [9.17, 15) is 0 Å². The van der Waals surface area contributed by atoms with Gasteiger partial charge in [-0.05, 0) is 109 Å². The summed E-state index contributed by atoms with van der Waals surface area (Å²) in [5.41, 5.74) is 5.27. The van der Waals surface area contributed by atoms with Gasteiger partial charge in [-0.2, -0.15) is 0 Å². The third-order valence-corrected chi connectivity index (χ3v) is 8.32. The van der Waals surface area contributed by atoms with Gasteiger partial charge in [-0.15, -0.1) is 0 Å². The molecule has 4 nitrogen and oxygen atoms in total.